The van der Waals surface area contributed by atoms with Gasteiger partial charge >= 0.3 is 0 Å². The molecule has 0 aromatic rings. The second-order valence-corrected chi connectivity index (χ2v) is 6.74. The van der Waals surface area contributed by atoms with Gasteiger partial charge in [0.05, 0.1) is 6.10 Å². The van der Waals surface area contributed by atoms with E-state index in [0.717, 1.165) is 44.3 Å². The average molecular weight is 332 g/mol. The quantitative estimate of drug-likeness (QED) is 0.699. The molecule has 2 rings (SSSR count). The molecule has 1 aliphatic heterocycles. The van der Waals surface area contributed by atoms with E-state index in [2.05, 4.69) is 20.8 Å². The van der Waals surface area contributed by atoms with Crippen molar-refractivity contribution in [2.75, 3.05) is 25.0 Å². The summed E-state index contributed by atoms with van der Waals surface area (Å²) >= 11 is 3.51. The number of amides is 1. The lowest BCUT2D eigenvalue weighted by atomic mass is 9.79. The van der Waals surface area contributed by atoms with Crippen molar-refractivity contribution in [3.8, 4) is 0 Å². The molecular weight excluding hydrogens is 306 g/mol. The molecule has 19 heavy (non-hydrogen) atoms. The van der Waals surface area contributed by atoms with Crippen LogP contribution in [0.25, 0.3) is 0 Å². The first-order valence-electron chi connectivity index (χ1n) is 7.68. The van der Waals surface area contributed by atoms with Crippen LogP contribution in [0.2, 0.25) is 0 Å². The standard InChI is InChI=1S/C15H26BrNO2/c1-2-19-14-8-13(9-14)10-15(18)17-7-3-4-12(11-17)5-6-16/h12-14H,2-11H2,1H3. The van der Waals surface area contributed by atoms with Crippen molar-refractivity contribution in [2.45, 2.75) is 51.6 Å². The summed E-state index contributed by atoms with van der Waals surface area (Å²) in [6.07, 6.45) is 6.98. The summed E-state index contributed by atoms with van der Waals surface area (Å²) in [5, 5.41) is 1.05. The van der Waals surface area contributed by atoms with E-state index in [1.807, 2.05) is 6.92 Å². The SMILES string of the molecule is CCOC1CC(CC(=O)N2CCCC(CCBr)C2)C1. The van der Waals surface area contributed by atoms with Gasteiger partial charge in [-0.05, 0) is 50.9 Å². The number of ether oxygens (including phenoxy) is 1. The van der Waals surface area contributed by atoms with Crippen molar-refractivity contribution >= 4 is 21.8 Å². The number of piperidine rings is 1. The Balaban J connectivity index is 1.68. The van der Waals surface area contributed by atoms with Crippen molar-refractivity contribution < 1.29 is 9.53 Å². The average Bonchev–Trinajstić information content (AvgIpc) is 2.37. The predicted octanol–water partition coefficient (Wildman–Crippen LogP) is 3.22. The number of halogens is 1. The van der Waals surface area contributed by atoms with Crippen LogP contribution in [0, 0.1) is 11.8 Å². The molecule has 0 N–H and O–H groups in total. The number of hydrogen-bond donors (Lipinski definition) is 0. The van der Waals surface area contributed by atoms with Gasteiger partial charge in [0.1, 0.15) is 0 Å². The van der Waals surface area contributed by atoms with Crippen LogP contribution in [-0.4, -0.2) is 41.9 Å². The van der Waals surface area contributed by atoms with Gasteiger partial charge in [-0.3, -0.25) is 4.79 Å². The molecule has 0 aromatic heterocycles. The molecular formula is C15H26BrNO2. The molecule has 1 amide bonds. The maximum absolute atomic E-state index is 12.3. The van der Waals surface area contributed by atoms with Crippen molar-refractivity contribution in [3.05, 3.63) is 0 Å². The molecule has 2 fully saturated rings. The Morgan fingerprint density at radius 2 is 2.16 bits per heavy atom. The van der Waals surface area contributed by atoms with Crippen LogP contribution in [-0.2, 0) is 9.53 Å². The van der Waals surface area contributed by atoms with E-state index in [4.69, 9.17) is 4.74 Å². The minimum atomic E-state index is 0.374. The highest BCUT2D eigenvalue weighted by Crippen LogP contribution is 2.33. The van der Waals surface area contributed by atoms with Gasteiger partial charge in [0.25, 0.3) is 0 Å². The van der Waals surface area contributed by atoms with Crippen LogP contribution < -0.4 is 0 Å². The van der Waals surface area contributed by atoms with E-state index in [0.29, 0.717) is 23.8 Å². The Morgan fingerprint density at radius 1 is 1.37 bits per heavy atom. The van der Waals surface area contributed by atoms with Crippen LogP contribution in [0.4, 0.5) is 0 Å². The van der Waals surface area contributed by atoms with Gasteiger partial charge in [-0.1, -0.05) is 15.9 Å². The maximum Gasteiger partial charge on any atom is 0.222 e. The highest BCUT2D eigenvalue weighted by Gasteiger charge is 2.33. The molecule has 3 nitrogen and oxygen atoms in total. The van der Waals surface area contributed by atoms with Crippen LogP contribution in [0.1, 0.15) is 45.4 Å². The van der Waals surface area contributed by atoms with E-state index in [-0.39, 0.29) is 0 Å². The van der Waals surface area contributed by atoms with Crippen LogP contribution in [0.5, 0.6) is 0 Å². The lowest BCUT2D eigenvalue weighted by molar-refractivity contribution is -0.136. The molecule has 0 spiro atoms. The fourth-order valence-corrected chi connectivity index (χ4v) is 3.92. The van der Waals surface area contributed by atoms with Crippen LogP contribution >= 0.6 is 15.9 Å². The maximum atomic E-state index is 12.3. The van der Waals surface area contributed by atoms with Gasteiger partial charge in [0.2, 0.25) is 5.91 Å². The molecule has 4 heteroatoms. The molecule has 110 valence electrons. The minimum Gasteiger partial charge on any atom is -0.378 e. The fourth-order valence-electron chi connectivity index (χ4n) is 3.27. The molecule has 0 bridgehead atoms. The second-order valence-electron chi connectivity index (χ2n) is 5.94. The number of nitrogens with zero attached hydrogens (tertiary/aromatic N) is 1. The zero-order valence-corrected chi connectivity index (χ0v) is 13.5. The number of rotatable bonds is 6. The van der Waals surface area contributed by atoms with Gasteiger partial charge < -0.3 is 9.64 Å². The van der Waals surface area contributed by atoms with Gasteiger partial charge in [-0.25, -0.2) is 0 Å². The van der Waals surface area contributed by atoms with E-state index in [1.165, 1.54) is 19.3 Å². The molecule has 0 radical (unpaired) electrons. The van der Waals surface area contributed by atoms with Crippen molar-refractivity contribution in [2.24, 2.45) is 11.8 Å². The normalized spacial score (nSPS) is 31.1. The molecule has 2 aliphatic rings. The number of carbonyl (C=O) groups excluding carboxylic acids is 1. The molecule has 0 aromatic carbocycles. The molecule has 1 aliphatic carbocycles. The van der Waals surface area contributed by atoms with Crippen LogP contribution in [0.15, 0.2) is 0 Å². The third-order valence-electron chi connectivity index (χ3n) is 4.45. The molecule has 1 heterocycles. The first-order chi connectivity index (χ1) is 9.22. The third kappa shape index (κ3) is 4.45. The molecule has 1 atom stereocenters. The Kier molecular flexibility index (Phi) is 6.14. The fraction of sp³-hybridized carbons (Fsp3) is 0.933. The third-order valence-corrected chi connectivity index (χ3v) is 4.91. The minimum absolute atomic E-state index is 0.374. The molecule has 1 saturated carbocycles. The van der Waals surface area contributed by atoms with Gasteiger partial charge in [0, 0.05) is 31.4 Å². The zero-order chi connectivity index (χ0) is 13.7. The van der Waals surface area contributed by atoms with Crippen molar-refractivity contribution in [1.29, 1.82) is 0 Å². The first-order valence-corrected chi connectivity index (χ1v) is 8.80. The van der Waals surface area contributed by atoms with E-state index in [9.17, 15) is 4.79 Å². The van der Waals surface area contributed by atoms with Crippen molar-refractivity contribution in [1.82, 2.24) is 4.90 Å². The highest BCUT2D eigenvalue weighted by molar-refractivity contribution is 9.09. The largest absolute Gasteiger partial charge is 0.378 e. The molecule has 1 unspecified atom stereocenters. The first kappa shape index (κ1) is 15.3. The lowest BCUT2D eigenvalue weighted by Crippen LogP contribution is -2.42. The van der Waals surface area contributed by atoms with E-state index < -0.39 is 0 Å². The number of likely N-dealkylation sites (tertiary alicyclic amines) is 1. The summed E-state index contributed by atoms with van der Waals surface area (Å²) in [4.78, 5) is 14.4. The lowest BCUT2D eigenvalue weighted by Gasteiger charge is -2.37. The zero-order valence-electron chi connectivity index (χ0n) is 11.9. The number of hydrogen-bond acceptors (Lipinski definition) is 2. The summed E-state index contributed by atoms with van der Waals surface area (Å²) in [7, 11) is 0. The summed E-state index contributed by atoms with van der Waals surface area (Å²) < 4.78 is 5.55. The Hall–Kier alpha value is -0.0900. The topological polar surface area (TPSA) is 29.5 Å². The molecule has 1 saturated heterocycles. The summed E-state index contributed by atoms with van der Waals surface area (Å²) in [5.74, 6) is 1.65. The Morgan fingerprint density at radius 3 is 2.84 bits per heavy atom. The summed E-state index contributed by atoms with van der Waals surface area (Å²) in [6, 6.07) is 0. The van der Waals surface area contributed by atoms with E-state index >= 15 is 0 Å². The predicted molar refractivity (Wildman–Crippen MR) is 80.5 cm³/mol. The Bertz CT molecular complexity index is 290. The number of carbonyl (C=O) groups is 1. The van der Waals surface area contributed by atoms with Crippen LogP contribution in [0.3, 0.4) is 0 Å². The number of alkyl halides is 1. The van der Waals surface area contributed by atoms with Gasteiger partial charge in [-0.15, -0.1) is 0 Å². The highest BCUT2D eigenvalue weighted by atomic mass is 79.9. The van der Waals surface area contributed by atoms with Crippen molar-refractivity contribution in [3.63, 3.8) is 0 Å². The summed E-state index contributed by atoms with van der Waals surface area (Å²) in [5.41, 5.74) is 0. The smallest absolute Gasteiger partial charge is 0.222 e. The van der Waals surface area contributed by atoms with E-state index in [1.54, 1.807) is 0 Å². The van der Waals surface area contributed by atoms with Gasteiger partial charge in [-0.2, -0.15) is 0 Å². The second kappa shape index (κ2) is 7.63. The van der Waals surface area contributed by atoms with Gasteiger partial charge in [0.15, 0.2) is 0 Å². The monoisotopic (exact) mass is 331 g/mol. The summed E-state index contributed by atoms with van der Waals surface area (Å²) in [6.45, 7) is 4.78. The Labute approximate surface area is 125 Å².